The number of carbonyl (C=O) groups is 2. The highest BCUT2D eigenvalue weighted by Gasteiger charge is 2.37. The van der Waals surface area contributed by atoms with Crippen molar-refractivity contribution in [2.24, 2.45) is 0 Å². The lowest BCUT2D eigenvalue weighted by Crippen LogP contribution is -2.29. The molecule has 0 bridgehead atoms. The third-order valence-electron chi connectivity index (χ3n) is 4.44. The van der Waals surface area contributed by atoms with Crippen LogP contribution in [0, 0.1) is 17.5 Å². The van der Waals surface area contributed by atoms with Crippen LogP contribution in [-0.4, -0.2) is 42.8 Å². The van der Waals surface area contributed by atoms with E-state index in [4.69, 9.17) is 9.47 Å². The van der Waals surface area contributed by atoms with Crippen LogP contribution in [0.5, 0.6) is 5.88 Å². The van der Waals surface area contributed by atoms with Crippen LogP contribution in [0.1, 0.15) is 6.42 Å². The Morgan fingerprint density at radius 1 is 1.24 bits per heavy atom. The normalized spacial score (nSPS) is 19.1. The second-order valence-electron chi connectivity index (χ2n) is 6.34. The van der Waals surface area contributed by atoms with Gasteiger partial charge in [-0.25, -0.2) is 18.0 Å². The molecule has 0 radical (unpaired) electrons. The Morgan fingerprint density at radius 3 is 2.76 bits per heavy atom. The predicted octanol–water partition coefficient (Wildman–Crippen LogP) is 2.79. The molecule has 1 saturated heterocycles. The van der Waals surface area contributed by atoms with E-state index in [9.17, 15) is 22.8 Å². The molecule has 2 aliphatic heterocycles. The largest absolute Gasteiger partial charge is 0.471 e. The number of nitrogens with zero attached hydrogens (tertiary/aromatic N) is 3. The minimum Gasteiger partial charge on any atom is -0.471 e. The van der Waals surface area contributed by atoms with E-state index in [0.717, 1.165) is 21.9 Å². The van der Waals surface area contributed by atoms with Crippen LogP contribution in [0.4, 0.5) is 29.3 Å². The fourth-order valence-electron chi connectivity index (χ4n) is 3.04. The van der Waals surface area contributed by atoms with Gasteiger partial charge in [0.05, 0.1) is 12.2 Å². The van der Waals surface area contributed by atoms with Gasteiger partial charge in [-0.1, -0.05) is 0 Å². The molecule has 0 spiro atoms. The number of rotatable bonds is 5. The number of anilines is 2. The smallest absolute Gasteiger partial charge is 0.414 e. The zero-order chi connectivity index (χ0) is 20.5. The van der Waals surface area contributed by atoms with Crippen molar-refractivity contribution in [1.82, 2.24) is 5.16 Å². The summed E-state index contributed by atoms with van der Waals surface area (Å²) >= 11 is 0. The van der Waals surface area contributed by atoms with E-state index in [0.29, 0.717) is 0 Å². The molecular formula is C18H14F3N3O5. The van der Waals surface area contributed by atoms with Gasteiger partial charge in [0, 0.05) is 31.3 Å². The number of amides is 1. The summed E-state index contributed by atoms with van der Waals surface area (Å²) in [4.78, 5) is 25.2. The van der Waals surface area contributed by atoms with Gasteiger partial charge in [-0.3, -0.25) is 9.69 Å². The van der Waals surface area contributed by atoms with Crippen molar-refractivity contribution >= 4 is 23.3 Å². The molecule has 2 aliphatic rings. The Balaban J connectivity index is 1.54. The first-order valence-electron chi connectivity index (χ1n) is 8.60. The van der Waals surface area contributed by atoms with Gasteiger partial charge in [0.1, 0.15) is 18.6 Å². The lowest BCUT2D eigenvalue weighted by Gasteiger charge is -2.25. The van der Waals surface area contributed by atoms with Gasteiger partial charge in [0.25, 0.3) is 5.88 Å². The van der Waals surface area contributed by atoms with Gasteiger partial charge >= 0.3 is 6.09 Å². The van der Waals surface area contributed by atoms with Crippen LogP contribution in [0.2, 0.25) is 0 Å². The minimum atomic E-state index is -1.46. The van der Waals surface area contributed by atoms with E-state index in [-0.39, 0.29) is 37.8 Å². The number of ether oxygens (including phenoxy) is 2. The Hall–Kier alpha value is -3.50. The first-order valence-corrected chi connectivity index (χ1v) is 8.60. The fraction of sp³-hybridized carbons (Fsp3) is 0.278. The average Bonchev–Trinajstić information content (AvgIpc) is 3.34. The molecule has 4 rings (SSSR count). The van der Waals surface area contributed by atoms with Gasteiger partial charge in [-0.15, -0.1) is 0 Å². The number of cyclic esters (lactones) is 1. The van der Waals surface area contributed by atoms with Crippen LogP contribution in [0.3, 0.4) is 0 Å². The van der Waals surface area contributed by atoms with Gasteiger partial charge in [-0.2, -0.15) is 0 Å². The molecule has 152 valence electrons. The van der Waals surface area contributed by atoms with E-state index in [1.807, 2.05) is 0 Å². The Labute approximate surface area is 162 Å². The maximum atomic E-state index is 14.7. The van der Waals surface area contributed by atoms with Gasteiger partial charge in [0.2, 0.25) is 0 Å². The number of halogens is 3. The molecule has 29 heavy (non-hydrogen) atoms. The first-order chi connectivity index (χ1) is 13.9. The maximum absolute atomic E-state index is 14.7. The molecule has 2 aromatic rings. The number of ketones is 1. The molecule has 1 unspecified atom stereocenters. The van der Waals surface area contributed by atoms with Crippen LogP contribution in [0.25, 0.3) is 0 Å². The summed E-state index contributed by atoms with van der Waals surface area (Å²) in [6, 6.07) is 2.17. The van der Waals surface area contributed by atoms with E-state index in [1.54, 1.807) is 0 Å². The van der Waals surface area contributed by atoms with E-state index in [1.165, 1.54) is 18.5 Å². The molecule has 0 aliphatic carbocycles. The number of benzene rings is 1. The molecule has 0 N–H and O–H groups in total. The Kier molecular flexibility index (Phi) is 4.87. The van der Waals surface area contributed by atoms with Gasteiger partial charge in [-0.05, 0) is 11.2 Å². The lowest BCUT2D eigenvalue weighted by atomic mass is 10.1. The monoisotopic (exact) mass is 409 g/mol. The lowest BCUT2D eigenvalue weighted by molar-refractivity contribution is -0.114. The Morgan fingerprint density at radius 2 is 2.07 bits per heavy atom. The number of aromatic nitrogens is 1. The maximum Gasteiger partial charge on any atom is 0.414 e. The predicted molar refractivity (Wildman–Crippen MR) is 92.0 cm³/mol. The highest BCUT2D eigenvalue weighted by molar-refractivity contribution is 5.92. The summed E-state index contributed by atoms with van der Waals surface area (Å²) in [5, 5.41) is 3.53. The number of hydrogen-bond donors (Lipinski definition) is 0. The summed E-state index contributed by atoms with van der Waals surface area (Å²) in [5.74, 6) is -3.97. The molecule has 1 fully saturated rings. The second kappa shape index (κ2) is 7.49. The molecule has 3 heterocycles. The van der Waals surface area contributed by atoms with Crippen molar-refractivity contribution < 1.29 is 36.8 Å². The van der Waals surface area contributed by atoms with Crippen molar-refractivity contribution in [3.05, 3.63) is 48.1 Å². The topological polar surface area (TPSA) is 85.1 Å². The molecule has 1 aromatic carbocycles. The van der Waals surface area contributed by atoms with Crippen LogP contribution >= 0.6 is 0 Å². The molecule has 11 heteroatoms. The van der Waals surface area contributed by atoms with Crippen molar-refractivity contribution in [3.63, 3.8) is 0 Å². The zero-order valence-corrected chi connectivity index (χ0v) is 14.8. The molecule has 1 amide bonds. The van der Waals surface area contributed by atoms with Crippen LogP contribution in [-0.2, 0) is 9.53 Å². The highest BCUT2D eigenvalue weighted by atomic mass is 19.2. The van der Waals surface area contributed by atoms with Crippen LogP contribution < -0.4 is 14.5 Å². The number of allylic oxidation sites excluding steroid dienone is 1. The standard InChI is InChI=1S/C18H14F3N3O5/c19-12-7-13(15(20)16(21)17(12)23-4-1-10(25)2-5-23)24-8-11(29-18(24)26)9-27-14-3-6-28-22-14/h1,3-4,6-7,11H,2,5,8-9H2. The second-order valence-corrected chi connectivity index (χ2v) is 6.34. The summed E-state index contributed by atoms with van der Waals surface area (Å²) < 4.78 is 58.8. The molecular weight excluding hydrogens is 395 g/mol. The SMILES string of the molecule is O=C1C=CN(c2c(F)cc(N3CC(COc4ccon4)OC3=O)c(F)c2F)CC1. The quantitative estimate of drug-likeness (QED) is 0.702. The summed E-state index contributed by atoms with van der Waals surface area (Å²) in [6.45, 7) is -0.273. The van der Waals surface area contributed by atoms with E-state index in [2.05, 4.69) is 9.68 Å². The highest BCUT2D eigenvalue weighted by Crippen LogP contribution is 2.35. The van der Waals surface area contributed by atoms with Gasteiger partial charge < -0.3 is 18.9 Å². The van der Waals surface area contributed by atoms with E-state index >= 15 is 0 Å². The van der Waals surface area contributed by atoms with Gasteiger partial charge in [0.15, 0.2) is 29.3 Å². The van der Waals surface area contributed by atoms with Crippen molar-refractivity contribution in [1.29, 1.82) is 0 Å². The number of carbonyl (C=O) groups excluding carboxylic acids is 2. The average molecular weight is 409 g/mol. The molecule has 1 aromatic heterocycles. The minimum absolute atomic E-state index is 0.00910. The fourth-order valence-corrected chi connectivity index (χ4v) is 3.04. The van der Waals surface area contributed by atoms with E-state index < -0.39 is 41.0 Å². The summed E-state index contributed by atoms with van der Waals surface area (Å²) in [7, 11) is 0. The Bertz CT molecular complexity index is 980. The molecule has 8 nitrogen and oxygen atoms in total. The zero-order valence-electron chi connectivity index (χ0n) is 14.8. The number of hydrogen-bond acceptors (Lipinski definition) is 7. The summed E-state index contributed by atoms with van der Waals surface area (Å²) in [5.41, 5.74) is -1.22. The first kappa shape index (κ1) is 18.8. The summed E-state index contributed by atoms with van der Waals surface area (Å²) in [6.07, 6.45) is 1.91. The molecule has 1 atom stereocenters. The van der Waals surface area contributed by atoms with Crippen molar-refractivity contribution in [3.8, 4) is 5.88 Å². The van der Waals surface area contributed by atoms with Crippen LogP contribution in [0.15, 0.2) is 35.2 Å². The van der Waals surface area contributed by atoms with Crippen molar-refractivity contribution in [2.75, 3.05) is 29.5 Å². The molecule has 0 saturated carbocycles. The third kappa shape index (κ3) is 3.62. The third-order valence-corrected chi connectivity index (χ3v) is 4.44. The van der Waals surface area contributed by atoms with Crippen molar-refractivity contribution in [2.45, 2.75) is 12.5 Å².